The molecule has 4 aromatic rings. The van der Waals surface area contributed by atoms with Crippen molar-refractivity contribution in [1.82, 2.24) is 4.90 Å². The second kappa shape index (κ2) is 17.3. The van der Waals surface area contributed by atoms with Crippen LogP contribution in [0, 0.1) is 0 Å². The Morgan fingerprint density at radius 2 is 1.11 bits per heavy atom. The van der Waals surface area contributed by atoms with Gasteiger partial charge in [-0.15, -0.1) is 0 Å². The molecule has 7 nitrogen and oxygen atoms in total. The highest BCUT2D eigenvalue weighted by atomic mass is 16.7. The zero-order chi connectivity index (χ0) is 31.1. The fraction of sp³-hybridized carbons (Fsp3) is 0.351. The van der Waals surface area contributed by atoms with Crippen molar-refractivity contribution in [2.75, 3.05) is 41.0 Å². The fourth-order valence-corrected chi connectivity index (χ4v) is 5.08. The first kappa shape index (κ1) is 32.9. The third kappa shape index (κ3) is 9.48. The molecule has 0 aliphatic heterocycles. The molecule has 0 spiro atoms. The molecule has 0 bridgehead atoms. The van der Waals surface area contributed by atoms with E-state index in [1.807, 2.05) is 62.4 Å². The van der Waals surface area contributed by atoms with Crippen LogP contribution in [0.4, 0.5) is 0 Å². The summed E-state index contributed by atoms with van der Waals surface area (Å²) in [6.07, 6.45) is 0.364. The summed E-state index contributed by atoms with van der Waals surface area (Å²) in [7, 11) is 5.43. The minimum absolute atomic E-state index is 0.0289. The zero-order valence-corrected chi connectivity index (χ0v) is 26.5. The van der Waals surface area contributed by atoms with Gasteiger partial charge in [-0.2, -0.15) is 0 Å². The number of hydrogen-bond donors (Lipinski definition) is 0. The Morgan fingerprint density at radius 1 is 0.591 bits per heavy atom. The van der Waals surface area contributed by atoms with E-state index in [9.17, 15) is 0 Å². The first-order valence-corrected chi connectivity index (χ1v) is 15.2. The van der Waals surface area contributed by atoms with Crippen LogP contribution in [0.5, 0.6) is 23.0 Å². The van der Waals surface area contributed by atoms with Crippen molar-refractivity contribution in [2.24, 2.45) is 0 Å². The van der Waals surface area contributed by atoms with Gasteiger partial charge in [0.25, 0.3) is 0 Å². The molecule has 0 N–H and O–H groups in total. The predicted octanol–water partition coefficient (Wildman–Crippen LogP) is 7.48. The highest BCUT2D eigenvalue weighted by Gasteiger charge is 2.24. The molecule has 0 aliphatic carbocycles. The SMILES string of the molecule is CCOC(CN(C)[C@@H](Cc1ccc(OC)c(OCc2ccccc2)c1)c1ccc(OC)c(OCc2ccccc2)c1)OCC. The minimum atomic E-state index is -0.342. The molecule has 234 valence electrons. The number of methoxy groups -OCH3 is 2. The Hall–Kier alpha value is -4.04. The van der Waals surface area contributed by atoms with Crippen LogP contribution < -0.4 is 18.9 Å². The molecule has 0 saturated carbocycles. The zero-order valence-electron chi connectivity index (χ0n) is 26.5. The molecule has 1 atom stereocenters. The lowest BCUT2D eigenvalue weighted by Gasteiger charge is -2.32. The number of benzene rings is 4. The van der Waals surface area contributed by atoms with Gasteiger partial charge in [0.2, 0.25) is 0 Å². The third-order valence-corrected chi connectivity index (χ3v) is 7.38. The topological polar surface area (TPSA) is 58.6 Å². The molecule has 0 amide bonds. The first-order valence-electron chi connectivity index (χ1n) is 15.2. The van der Waals surface area contributed by atoms with Gasteiger partial charge in [0, 0.05) is 25.8 Å². The van der Waals surface area contributed by atoms with Gasteiger partial charge in [-0.3, -0.25) is 4.90 Å². The summed E-state index contributed by atoms with van der Waals surface area (Å²) in [5, 5.41) is 0. The van der Waals surface area contributed by atoms with Gasteiger partial charge in [-0.25, -0.2) is 0 Å². The van der Waals surface area contributed by atoms with E-state index in [0.717, 1.165) is 22.3 Å². The largest absolute Gasteiger partial charge is 0.493 e. The maximum absolute atomic E-state index is 6.29. The number of nitrogens with zero attached hydrogens (tertiary/aromatic N) is 1. The number of ether oxygens (including phenoxy) is 6. The Kier molecular flexibility index (Phi) is 12.9. The molecule has 0 saturated heterocycles. The third-order valence-electron chi connectivity index (χ3n) is 7.38. The van der Waals surface area contributed by atoms with Crippen molar-refractivity contribution in [3.63, 3.8) is 0 Å². The van der Waals surface area contributed by atoms with E-state index in [1.165, 1.54) is 0 Å². The van der Waals surface area contributed by atoms with Gasteiger partial charge < -0.3 is 28.4 Å². The van der Waals surface area contributed by atoms with Crippen LogP contribution in [-0.4, -0.2) is 52.2 Å². The second-order valence-corrected chi connectivity index (χ2v) is 10.4. The van der Waals surface area contributed by atoms with Crippen molar-refractivity contribution >= 4 is 0 Å². The first-order chi connectivity index (χ1) is 21.5. The van der Waals surface area contributed by atoms with Crippen molar-refractivity contribution in [3.8, 4) is 23.0 Å². The molecule has 4 aromatic carbocycles. The van der Waals surface area contributed by atoms with E-state index in [2.05, 4.69) is 60.5 Å². The van der Waals surface area contributed by atoms with Gasteiger partial charge >= 0.3 is 0 Å². The van der Waals surface area contributed by atoms with Gasteiger partial charge in [0.05, 0.1) is 14.2 Å². The molecule has 0 aromatic heterocycles. The van der Waals surface area contributed by atoms with Crippen LogP contribution in [-0.2, 0) is 29.1 Å². The quantitative estimate of drug-likeness (QED) is 0.110. The molecular formula is C37H45NO6. The minimum Gasteiger partial charge on any atom is -0.493 e. The lowest BCUT2D eigenvalue weighted by Crippen LogP contribution is -2.36. The Balaban J connectivity index is 1.63. The maximum Gasteiger partial charge on any atom is 0.170 e. The van der Waals surface area contributed by atoms with E-state index in [0.29, 0.717) is 62.4 Å². The van der Waals surface area contributed by atoms with E-state index in [1.54, 1.807) is 14.2 Å². The Bertz CT molecular complexity index is 1390. The summed E-state index contributed by atoms with van der Waals surface area (Å²) < 4.78 is 35.7. The van der Waals surface area contributed by atoms with Crippen LogP contribution in [0.25, 0.3) is 0 Å². The van der Waals surface area contributed by atoms with Crippen LogP contribution in [0.2, 0.25) is 0 Å². The van der Waals surface area contributed by atoms with Crippen LogP contribution in [0.15, 0.2) is 97.1 Å². The smallest absolute Gasteiger partial charge is 0.170 e. The molecule has 0 radical (unpaired) electrons. The molecule has 4 rings (SSSR count). The highest BCUT2D eigenvalue weighted by Crippen LogP contribution is 2.36. The average Bonchev–Trinajstić information content (AvgIpc) is 3.06. The lowest BCUT2D eigenvalue weighted by molar-refractivity contribution is -0.148. The molecule has 0 heterocycles. The standard InChI is InChI=1S/C37H45NO6/c1-6-41-37(42-7-2)25-38(3)32(31-19-21-34(40-5)36(24-31)44-27-29-16-12-9-13-17-29)22-30-18-20-33(39-4)35(23-30)43-26-28-14-10-8-11-15-28/h8-21,23-24,32,37H,6-7,22,25-27H2,1-5H3/t32-/m0/s1. The van der Waals surface area contributed by atoms with Crippen molar-refractivity contribution in [1.29, 1.82) is 0 Å². The van der Waals surface area contributed by atoms with Crippen LogP contribution >= 0.6 is 0 Å². The summed E-state index contributed by atoms with van der Waals surface area (Å²) >= 11 is 0. The molecular weight excluding hydrogens is 554 g/mol. The van der Waals surface area contributed by atoms with E-state index < -0.39 is 0 Å². The average molecular weight is 600 g/mol. The summed E-state index contributed by atoms with van der Waals surface area (Å²) in [6, 6.07) is 32.5. The summed E-state index contributed by atoms with van der Waals surface area (Å²) in [5.41, 5.74) is 4.38. The fourth-order valence-electron chi connectivity index (χ4n) is 5.08. The van der Waals surface area contributed by atoms with E-state index >= 15 is 0 Å². The van der Waals surface area contributed by atoms with Crippen molar-refractivity contribution in [3.05, 3.63) is 119 Å². The number of hydrogen-bond acceptors (Lipinski definition) is 7. The molecule has 44 heavy (non-hydrogen) atoms. The normalized spacial score (nSPS) is 11.9. The monoisotopic (exact) mass is 599 g/mol. The predicted molar refractivity (Wildman–Crippen MR) is 174 cm³/mol. The summed E-state index contributed by atoms with van der Waals surface area (Å²) in [4.78, 5) is 2.27. The summed E-state index contributed by atoms with van der Waals surface area (Å²) in [6.45, 7) is 6.60. The van der Waals surface area contributed by atoms with Crippen LogP contribution in [0.1, 0.15) is 42.1 Å². The Labute approximate surface area is 262 Å². The highest BCUT2D eigenvalue weighted by molar-refractivity contribution is 5.46. The van der Waals surface area contributed by atoms with Gasteiger partial charge in [-0.05, 0) is 73.8 Å². The maximum atomic E-state index is 6.29. The molecule has 0 unspecified atom stereocenters. The second-order valence-electron chi connectivity index (χ2n) is 10.4. The van der Waals surface area contributed by atoms with Crippen molar-refractivity contribution < 1.29 is 28.4 Å². The molecule has 0 aliphatic rings. The summed E-state index contributed by atoms with van der Waals surface area (Å²) in [5.74, 6) is 2.79. The Morgan fingerprint density at radius 3 is 1.64 bits per heavy atom. The lowest BCUT2D eigenvalue weighted by atomic mass is 9.96. The van der Waals surface area contributed by atoms with Gasteiger partial charge in [-0.1, -0.05) is 72.8 Å². The molecule has 7 heteroatoms. The number of rotatable bonds is 18. The molecule has 0 fully saturated rings. The van der Waals surface area contributed by atoms with Crippen molar-refractivity contribution in [2.45, 2.75) is 45.8 Å². The van der Waals surface area contributed by atoms with Gasteiger partial charge in [0.15, 0.2) is 29.3 Å². The number of likely N-dealkylation sites (N-methyl/N-ethyl adjacent to an activating group) is 1. The van der Waals surface area contributed by atoms with E-state index in [4.69, 9.17) is 28.4 Å². The van der Waals surface area contributed by atoms with E-state index in [-0.39, 0.29) is 12.3 Å². The van der Waals surface area contributed by atoms with Gasteiger partial charge in [0.1, 0.15) is 13.2 Å². The van der Waals surface area contributed by atoms with Crippen LogP contribution in [0.3, 0.4) is 0 Å².